The first-order valence-corrected chi connectivity index (χ1v) is 6.83. The van der Waals surface area contributed by atoms with Crippen molar-refractivity contribution in [3.05, 3.63) is 30.1 Å². The summed E-state index contributed by atoms with van der Waals surface area (Å²) >= 11 is 0. The normalized spacial score (nSPS) is 12.0. The van der Waals surface area contributed by atoms with Crippen molar-refractivity contribution in [2.24, 2.45) is 0 Å². The monoisotopic (exact) mass is 261 g/mol. The summed E-state index contributed by atoms with van der Waals surface area (Å²) in [5.41, 5.74) is 0. The van der Waals surface area contributed by atoms with Crippen LogP contribution in [0, 0.1) is 5.82 Å². The van der Waals surface area contributed by atoms with E-state index in [-0.39, 0.29) is 24.6 Å². The van der Waals surface area contributed by atoms with Crippen molar-refractivity contribution in [3.8, 4) is 0 Å². The standard InChI is InChI=1S/C11H16FNO3S/c1-2-13(8-5-9-14)17(15,16)11-7-4-3-6-10(11)12/h3-4,6-7,14H,2,5,8-9H2,1H3. The maximum absolute atomic E-state index is 13.4. The number of hydrogen-bond acceptors (Lipinski definition) is 3. The van der Waals surface area contributed by atoms with Gasteiger partial charge in [-0.2, -0.15) is 4.31 Å². The molecular weight excluding hydrogens is 245 g/mol. The topological polar surface area (TPSA) is 57.6 Å². The van der Waals surface area contributed by atoms with E-state index in [1.807, 2.05) is 0 Å². The van der Waals surface area contributed by atoms with Crippen LogP contribution >= 0.6 is 0 Å². The molecule has 0 aliphatic carbocycles. The van der Waals surface area contributed by atoms with Crippen molar-refractivity contribution in [2.75, 3.05) is 19.7 Å². The Morgan fingerprint density at radius 1 is 1.35 bits per heavy atom. The van der Waals surface area contributed by atoms with E-state index in [9.17, 15) is 12.8 Å². The molecular formula is C11H16FNO3S. The number of hydrogen-bond donors (Lipinski definition) is 1. The summed E-state index contributed by atoms with van der Waals surface area (Å²) in [5, 5.41) is 8.71. The molecule has 96 valence electrons. The van der Waals surface area contributed by atoms with Gasteiger partial charge >= 0.3 is 0 Å². The van der Waals surface area contributed by atoms with Gasteiger partial charge in [0.1, 0.15) is 10.7 Å². The van der Waals surface area contributed by atoms with Gasteiger partial charge in [-0.3, -0.25) is 0 Å². The van der Waals surface area contributed by atoms with Gasteiger partial charge in [-0.05, 0) is 18.6 Å². The highest BCUT2D eigenvalue weighted by Crippen LogP contribution is 2.18. The van der Waals surface area contributed by atoms with Crippen LogP contribution in [0.3, 0.4) is 0 Å². The molecule has 0 saturated heterocycles. The Balaban J connectivity index is 3.05. The van der Waals surface area contributed by atoms with Crippen molar-refractivity contribution in [3.63, 3.8) is 0 Å². The largest absolute Gasteiger partial charge is 0.396 e. The van der Waals surface area contributed by atoms with Gasteiger partial charge in [0.25, 0.3) is 0 Å². The highest BCUT2D eigenvalue weighted by molar-refractivity contribution is 7.89. The van der Waals surface area contributed by atoms with E-state index in [1.54, 1.807) is 6.92 Å². The number of sulfonamides is 1. The Labute approximate surface area is 101 Å². The first kappa shape index (κ1) is 14.1. The summed E-state index contributed by atoms with van der Waals surface area (Å²) in [5.74, 6) is -0.755. The number of aliphatic hydroxyl groups excluding tert-OH is 1. The van der Waals surface area contributed by atoms with Crippen molar-refractivity contribution >= 4 is 10.0 Å². The van der Waals surface area contributed by atoms with E-state index in [0.29, 0.717) is 6.42 Å². The van der Waals surface area contributed by atoms with E-state index in [1.165, 1.54) is 18.2 Å². The maximum Gasteiger partial charge on any atom is 0.245 e. The van der Waals surface area contributed by atoms with Gasteiger partial charge in [0, 0.05) is 19.7 Å². The lowest BCUT2D eigenvalue weighted by Crippen LogP contribution is -2.32. The van der Waals surface area contributed by atoms with Crippen LogP contribution < -0.4 is 0 Å². The van der Waals surface area contributed by atoms with Crippen LogP contribution in [-0.2, 0) is 10.0 Å². The third kappa shape index (κ3) is 3.24. The minimum atomic E-state index is -3.81. The number of benzene rings is 1. The zero-order valence-electron chi connectivity index (χ0n) is 9.63. The number of nitrogens with zero attached hydrogens (tertiary/aromatic N) is 1. The summed E-state index contributed by atoms with van der Waals surface area (Å²) in [4.78, 5) is -0.320. The van der Waals surface area contributed by atoms with Crippen LogP contribution in [0.4, 0.5) is 4.39 Å². The lowest BCUT2D eigenvalue weighted by molar-refractivity contribution is 0.271. The number of halogens is 1. The average molecular weight is 261 g/mol. The molecule has 0 bridgehead atoms. The van der Waals surface area contributed by atoms with Crippen LogP contribution in [-0.4, -0.2) is 37.5 Å². The second-order valence-corrected chi connectivity index (χ2v) is 5.41. The van der Waals surface area contributed by atoms with Crippen molar-refractivity contribution < 1.29 is 17.9 Å². The van der Waals surface area contributed by atoms with Crippen LogP contribution in [0.5, 0.6) is 0 Å². The maximum atomic E-state index is 13.4. The Morgan fingerprint density at radius 3 is 2.53 bits per heavy atom. The average Bonchev–Trinajstić information content (AvgIpc) is 2.30. The van der Waals surface area contributed by atoms with Gasteiger partial charge in [-0.25, -0.2) is 12.8 Å². The van der Waals surface area contributed by atoms with Gasteiger partial charge < -0.3 is 5.11 Å². The minimum absolute atomic E-state index is 0.0940. The van der Waals surface area contributed by atoms with E-state index in [2.05, 4.69) is 0 Å². The smallest absolute Gasteiger partial charge is 0.245 e. The quantitative estimate of drug-likeness (QED) is 0.837. The Kier molecular flexibility index (Phi) is 5.04. The van der Waals surface area contributed by atoms with E-state index in [0.717, 1.165) is 10.4 Å². The van der Waals surface area contributed by atoms with Gasteiger partial charge in [-0.15, -0.1) is 0 Å². The Bertz CT molecular complexity index is 462. The minimum Gasteiger partial charge on any atom is -0.396 e. The molecule has 4 nitrogen and oxygen atoms in total. The number of rotatable bonds is 6. The molecule has 0 atom stereocenters. The van der Waals surface area contributed by atoms with Crippen molar-refractivity contribution in [2.45, 2.75) is 18.2 Å². The number of aliphatic hydroxyl groups is 1. The van der Waals surface area contributed by atoms with Gasteiger partial charge in [-0.1, -0.05) is 19.1 Å². The Hall–Kier alpha value is -0.980. The molecule has 1 aromatic carbocycles. The zero-order valence-corrected chi connectivity index (χ0v) is 10.5. The second-order valence-electron chi connectivity index (χ2n) is 3.50. The third-order valence-electron chi connectivity index (χ3n) is 2.37. The molecule has 17 heavy (non-hydrogen) atoms. The lowest BCUT2D eigenvalue weighted by atomic mass is 10.3. The van der Waals surface area contributed by atoms with Crippen molar-refractivity contribution in [1.82, 2.24) is 4.31 Å². The third-order valence-corrected chi connectivity index (χ3v) is 4.38. The molecule has 0 amide bonds. The summed E-state index contributed by atoms with van der Waals surface area (Å²) in [6.07, 6.45) is 0.335. The molecule has 1 aromatic rings. The fourth-order valence-electron chi connectivity index (χ4n) is 1.49. The van der Waals surface area contributed by atoms with E-state index in [4.69, 9.17) is 5.11 Å². The zero-order chi connectivity index (χ0) is 12.9. The second kappa shape index (κ2) is 6.09. The molecule has 0 aromatic heterocycles. The molecule has 1 rings (SSSR count). The highest BCUT2D eigenvalue weighted by atomic mass is 32.2. The first-order chi connectivity index (χ1) is 8.04. The molecule has 0 radical (unpaired) electrons. The summed E-state index contributed by atoms with van der Waals surface area (Å²) in [6, 6.07) is 5.28. The predicted octanol–water partition coefficient (Wildman–Crippen LogP) is 1.22. The van der Waals surface area contributed by atoms with Crippen LogP contribution in [0.15, 0.2) is 29.2 Å². The lowest BCUT2D eigenvalue weighted by Gasteiger charge is -2.20. The predicted molar refractivity (Wildman–Crippen MR) is 62.5 cm³/mol. The first-order valence-electron chi connectivity index (χ1n) is 5.39. The molecule has 0 heterocycles. The van der Waals surface area contributed by atoms with E-state index >= 15 is 0 Å². The molecule has 0 unspecified atom stereocenters. The molecule has 0 saturated carbocycles. The van der Waals surface area contributed by atoms with Crippen molar-refractivity contribution in [1.29, 1.82) is 0 Å². The summed E-state index contributed by atoms with van der Waals surface area (Å²) in [7, 11) is -3.81. The molecule has 0 aliphatic heterocycles. The Morgan fingerprint density at radius 2 is 2.00 bits per heavy atom. The molecule has 1 N–H and O–H groups in total. The highest BCUT2D eigenvalue weighted by Gasteiger charge is 2.25. The summed E-state index contributed by atoms with van der Waals surface area (Å²) < 4.78 is 38.8. The van der Waals surface area contributed by atoms with E-state index < -0.39 is 15.8 Å². The van der Waals surface area contributed by atoms with Crippen LogP contribution in [0.1, 0.15) is 13.3 Å². The van der Waals surface area contributed by atoms with Gasteiger partial charge in [0.05, 0.1) is 0 Å². The SMILES string of the molecule is CCN(CCCO)S(=O)(=O)c1ccccc1F. The molecule has 6 heteroatoms. The van der Waals surface area contributed by atoms with Crippen LogP contribution in [0.25, 0.3) is 0 Å². The summed E-state index contributed by atoms with van der Waals surface area (Å²) in [6.45, 7) is 2.01. The molecule has 0 spiro atoms. The molecule has 0 fully saturated rings. The fraction of sp³-hybridized carbons (Fsp3) is 0.455. The van der Waals surface area contributed by atoms with Gasteiger partial charge in [0.2, 0.25) is 10.0 Å². The fourth-order valence-corrected chi connectivity index (χ4v) is 3.04. The molecule has 0 aliphatic rings. The van der Waals surface area contributed by atoms with Gasteiger partial charge in [0.15, 0.2) is 0 Å². The van der Waals surface area contributed by atoms with Crippen LogP contribution in [0.2, 0.25) is 0 Å².